The SMILES string of the molecule is CCSc1ccc(C(CN)NC)cc1. The Kier molecular flexibility index (Phi) is 5.01. The molecule has 0 aliphatic carbocycles. The van der Waals surface area contributed by atoms with E-state index in [2.05, 4.69) is 36.5 Å². The van der Waals surface area contributed by atoms with Gasteiger partial charge in [0.2, 0.25) is 0 Å². The van der Waals surface area contributed by atoms with Gasteiger partial charge in [-0.15, -0.1) is 11.8 Å². The minimum absolute atomic E-state index is 0.274. The second-order valence-corrected chi connectivity index (χ2v) is 4.42. The van der Waals surface area contributed by atoms with E-state index in [0.29, 0.717) is 6.54 Å². The standard InChI is InChI=1S/C11H18N2S/c1-3-14-10-6-4-9(5-7-10)11(8-12)13-2/h4-7,11,13H,3,8,12H2,1-2H3. The number of thioether (sulfide) groups is 1. The predicted molar refractivity (Wildman–Crippen MR) is 63.7 cm³/mol. The highest BCUT2D eigenvalue weighted by Crippen LogP contribution is 2.20. The summed E-state index contributed by atoms with van der Waals surface area (Å²) in [6, 6.07) is 8.88. The number of rotatable bonds is 5. The minimum Gasteiger partial charge on any atom is -0.329 e. The first-order valence-electron chi connectivity index (χ1n) is 4.92. The molecule has 0 aromatic heterocycles. The van der Waals surface area contributed by atoms with Crippen molar-refractivity contribution < 1.29 is 0 Å². The quantitative estimate of drug-likeness (QED) is 0.730. The lowest BCUT2D eigenvalue weighted by Crippen LogP contribution is -2.24. The Hall–Kier alpha value is -0.510. The van der Waals surface area contributed by atoms with Crippen LogP contribution in [0.5, 0.6) is 0 Å². The van der Waals surface area contributed by atoms with Gasteiger partial charge in [-0.1, -0.05) is 19.1 Å². The van der Waals surface area contributed by atoms with Crippen LogP contribution in [0.3, 0.4) is 0 Å². The Bertz CT molecular complexity index is 254. The molecule has 3 heteroatoms. The number of benzene rings is 1. The summed E-state index contributed by atoms with van der Waals surface area (Å²) in [5.74, 6) is 1.12. The smallest absolute Gasteiger partial charge is 0.0442 e. The van der Waals surface area contributed by atoms with Crippen molar-refractivity contribution in [1.29, 1.82) is 0 Å². The van der Waals surface area contributed by atoms with Gasteiger partial charge in [0.05, 0.1) is 0 Å². The maximum absolute atomic E-state index is 5.64. The van der Waals surface area contributed by atoms with Crippen molar-refractivity contribution >= 4 is 11.8 Å². The maximum Gasteiger partial charge on any atom is 0.0442 e. The van der Waals surface area contributed by atoms with E-state index < -0.39 is 0 Å². The zero-order valence-corrected chi connectivity index (χ0v) is 9.60. The molecule has 0 heterocycles. The average Bonchev–Trinajstić information content (AvgIpc) is 2.23. The van der Waals surface area contributed by atoms with Crippen LogP contribution in [-0.4, -0.2) is 19.3 Å². The first-order valence-corrected chi connectivity index (χ1v) is 5.90. The first kappa shape index (κ1) is 11.6. The molecule has 2 nitrogen and oxygen atoms in total. The van der Waals surface area contributed by atoms with Gasteiger partial charge in [-0.3, -0.25) is 0 Å². The number of nitrogens with one attached hydrogen (secondary N) is 1. The zero-order chi connectivity index (χ0) is 10.4. The minimum atomic E-state index is 0.274. The third kappa shape index (κ3) is 3.01. The average molecular weight is 210 g/mol. The van der Waals surface area contributed by atoms with Crippen LogP contribution in [0.4, 0.5) is 0 Å². The zero-order valence-electron chi connectivity index (χ0n) is 8.79. The van der Waals surface area contributed by atoms with Crippen molar-refractivity contribution in [3.63, 3.8) is 0 Å². The fourth-order valence-corrected chi connectivity index (χ4v) is 2.05. The van der Waals surface area contributed by atoms with E-state index in [-0.39, 0.29) is 6.04 Å². The Morgan fingerprint density at radius 1 is 1.36 bits per heavy atom. The van der Waals surface area contributed by atoms with Crippen molar-refractivity contribution in [1.82, 2.24) is 5.32 Å². The molecule has 1 atom stereocenters. The van der Waals surface area contributed by atoms with Crippen LogP contribution in [0.2, 0.25) is 0 Å². The molecule has 3 N–H and O–H groups in total. The number of hydrogen-bond acceptors (Lipinski definition) is 3. The van der Waals surface area contributed by atoms with E-state index in [1.165, 1.54) is 10.5 Å². The van der Waals surface area contributed by atoms with E-state index in [1.54, 1.807) is 0 Å². The van der Waals surface area contributed by atoms with Crippen molar-refractivity contribution in [2.75, 3.05) is 19.3 Å². The fourth-order valence-electron chi connectivity index (χ4n) is 1.38. The van der Waals surface area contributed by atoms with E-state index >= 15 is 0 Å². The largest absolute Gasteiger partial charge is 0.329 e. The molecule has 0 saturated heterocycles. The molecule has 0 aliphatic rings. The van der Waals surface area contributed by atoms with Gasteiger partial charge < -0.3 is 11.1 Å². The summed E-state index contributed by atoms with van der Waals surface area (Å²) in [7, 11) is 1.94. The number of hydrogen-bond donors (Lipinski definition) is 2. The van der Waals surface area contributed by atoms with Gasteiger partial charge in [0.15, 0.2) is 0 Å². The highest BCUT2D eigenvalue weighted by molar-refractivity contribution is 7.99. The van der Waals surface area contributed by atoms with Crippen molar-refractivity contribution in [2.45, 2.75) is 17.9 Å². The van der Waals surface area contributed by atoms with Crippen molar-refractivity contribution in [3.05, 3.63) is 29.8 Å². The van der Waals surface area contributed by atoms with E-state index in [9.17, 15) is 0 Å². The van der Waals surface area contributed by atoms with Crippen LogP contribution < -0.4 is 11.1 Å². The van der Waals surface area contributed by atoms with Crippen LogP contribution in [0, 0.1) is 0 Å². The van der Waals surface area contributed by atoms with Gasteiger partial charge in [-0.2, -0.15) is 0 Å². The van der Waals surface area contributed by atoms with Crippen LogP contribution in [-0.2, 0) is 0 Å². The molecule has 0 amide bonds. The Labute approximate surface area is 90.3 Å². The molecule has 0 bridgehead atoms. The van der Waals surface area contributed by atoms with Crippen LogP contribution in [0.25, 0.3) is 0 Å². The summed E-state index contributed by atoms with van der Waals surface area (Å²) < 4.78 is 0. The molecule has 1 aromatic rings. The second kappa shape index (κ2) is 6.06. The molecule has 0 spiro atoms. The summed E-state index contributed by atoms with van der Waals surface area (Å²) in [6.07, 6.45) is 0. The highest BCUT2D eigenvalue weighted by atomic mass is 32.2. The molecule has 0 fully saturated rings. The molecule has 1 unspecified atom stereocenters. The van der Waals surface area contributed by atoms with Gasteiger partial charge in [0.25, 0.3) is 0 Å². The van der Waals surface area contributed by atoms with Gasteiger partial charge in [-0.25, -0.2) is 0 Å². The third-order valence-corrected chi connectivity index (χ3v) is 3.07. The van der Waals surface area contributed by atoms with E-state index in [1.807, 2.05) is 18.8 Å². The second-order valence-electron chi connectivity index (χ2n) is 3.08. The summed E-state index contributed by atoms with van der Waals surface area (Å²) in [5.41, 5.74) is 6.90. The Morgan fingerprint density at radius 2 is 2.00 bits per heavy atom. The van der Waals surface area contributed by atoms with Gasteiger partial charge >= 0.3 is 0 Å². The van der Waals surface area contributed by atoms with Gasteiger partial charge in [-0.05, 0) is 30.5 Å². The summed E-state index contributed by atoms with van der Waals surface area (Å²) >= 11 is 1.86. The van der Waals surface area contributed by atoms with Crippen LogP contribution in [0.1, 0.15) is 18.5 Å². The molecular weight excluding hydrogens is 192 g/mol. The highest BCUT2D eigenvalue weighted by Gasteiger charge is 2.05. The normalized spacial score (nSPS) is 12.8. The Balaban J connectivity index is 2.71. The molecule has 0 radical (unpaired) electrons. The van der Waals surface area contributed by atoms with E-state index in [0.717, 1.165) is 5.75 Å². The fraction of sp³-hybridized carbons (Fsp3) is 0.455. The maximum atomic E-state index is 5.64. The van der Waals surface area contributed by atoms with Crippen molar-refractivity contribution in [2.24, 2.45) is 5.73 Å². The number of likely N-dealkylation sites (N-methyl/N-ethyl adjacent to an activating group) is 1. The van der Waals surface area contributed by atoms with Gasteiger partial charge in [0.1, 0.15) is 0 Å². The summed E-state index contributed by atoms with van der Waals surface area (Å²) in [5, 5.41) is 3.19. The lowest BCUT2D eigenvalue weighted by molar-refractivity contribution is 0.605. The van der Waals surface area contributed by atoms with Crippen LogP contribution in [0.15, 0.2) is 29.2 Å². The molecule has 78 valence electrons. The van der Waals surface area contributed by atoms with E-state index in [4.69, 9.17) is 5.73 Å². The summed E-state index contributed by atoms with van der Waals surface area (Å²) in [6.45, 7) is 2.80. The topological polar surface area (TPSA) is 38.0 Å². The first-order chi connectivity index (χ1) is 6.81. The molecule has 14 heavy (non-hydrogen) atoms. The predicted octanol–water partition coefficient (Wildman–Crippen LogP) is 2.02. The molecule has 0 aliphatic heterocycles. The third-order valence-electron chi connectivity index (χ3n) is 2.18. The van der Waals surface area contributed by atoms with Crippen molar-refractivity contribution in [3.8, 4) is 0 Å². The molecular formula is C11H18N2S. The van der Waals surface area contributed by atoms with Gasteiger partial charge in [0, 0.05) is 17.5 Å². The lowest BCUT2D eigenvalue weighted by Gasteiger charge is -2.14. The molecule has 1 aromatic carbocycles. The molecule has 1 rings (SSSR count). The van der Waals surface area contributed by atoms with Crippen LogP contribution >= 0.6 is 11.8 Å². The molecule has 0 saturated carbocycles. The monoisotopic (exact) mass is 210 g/mol. The lowest BCUT2D eigenvalue weighted by atomic mass is 10.1. The number of nitrogens with two attached hydrogens (primary N) is 1. The summed E-state index contributed by atoms with van der Waals surface area (Å²) in [4.78, 5) is 1.32. The Morgan fingerprint density at radius 3 is 2.43 bits per heavy atom.